The third-order valence-electron chi connectivity index (χ3n) is 3.04. The number of nitrogens with zero attached hydrogens (tertiary/aromatic N) is 1. The van der Waals surface area contributed by atoms with Crippen molar-refractivity contribution in [3.05, 3.63) is 36.0 Å². The van der Waals surface area contributed by atoms with E-state index < -0.39 is 11.7 Å². The normalized spacial score (nSPS) is 10.9. The molecule has 0 saturated heterocycles. The Labute approximate surface area is 131 Å². The number of hydrogen-bond donors (Lipinski definition) is 1. The van der Waals surface area contributed by atoms with E-state index in [4.69, 9.17) is 4.74 Å². The van der Waals surface area contributed by atoms with Gasteiger partial charge in [0.25, 0.3) is 0 Å². The van der Waals surface area contributed by atoms with E-state index in [1.54, 1.807) is 0 Å². The van der Waals surface area contributed by atoms with Crippen molar-refractivity contribution in [2.75, 3.05) is 6.54 Å². The Balaban J connectivity index is 1.84. The lowest BCUT2D eigenvalue weighted by Gasteiger charge is -2.19. The van der Waals surface area contributed by atoms with Crippen molar-refractivity contribution in [1.29, 1.82) is 0 Å². The Morgan fingerprint density at radius 1 is 1.32 bits per heavy atom. The summed E-state index contributed by atoms with van der Waals surface area (Å²) in [5, 5.41) is 3.87. The first kappa shape index (κ1) is 16.0. The number of benzene rings is 1. The van der Waals surface area contributed by atoms with E-state index in [-0.39, 0.29) is 0 Å². The predicted molar refractivity (Wildman–Crippen MR) is 88.7 cm³/mol. The van der Waals surface area contributed by atoms with Gasteiger partial charge in [-0.05, 0) is 45.0 Å². The highest BCUT2D eigenvalue weighted by molar-refractivity contribution is 5.81. The fraction of sp³-hybridized carbons (Fsp3) is 0.389. The number of fused-ring (bicyclic) bond motifs is 1. The summed E-state index contributed by atoms with van der Waals surface area (Å²) in [6.07, 6.45) is 2.22. The van der Waals surface area contributed by atoms with Gasteiger partial charge in [0.2, 0.25) is 0 Å². The van der Waals surface area contributed by atoms with E-state index in [1.807, 2.05) is 40.1 Å². The molecule has 1 N–H and O–H groups in total. The van der Waals surface area contributed by atoms with Crippen molar-refractivity contribution in [2.45, 2.75) is 32.8 Å². The summed E-state index contributed by atoms with van der Waals surface area (Å²) in [6, 6.07) is 8.23. The first-order valence-electron chi connectivity index (χ1n) is 7.36. The maximum absolute atomic E-state index is 11.5. The number of carbonyl (C=O) groups excluding carboxylic acids is 1. The molecule has 1 aromatic carbocycles. The summed E-state index contributed by atoms with van der Waals surface area (Å²) in [5.74, 6) is 6.18. The summed E-state index contributed by atoms with van der Waals surface area (Å²) in [5.41, 5.74) is 1.70. The van der Waals surface area contributed by atoms with E-state index in [0.717, 1.165) is 5.56 Å². The first-order valence-corrected chi connectivity index (χ1v) is 7.36. The van der Waals surface area contributed by atoms with Crippen molar-refractivity contribution in [3.8, 4) is 11.8 Å². The van der Waals surface area contributed by atoms with E-state index in [0.29, 0.717) is 13.0 Å². The highest BCUT2D eigenvalue weighted by Crippen LogP contribution is 2.15. The molecule has 0 fully saturated rings. The summed E-state index contributed by atoms with van der Waals surface area (Å²) >= 11 is 0. The average Bonchev–Trinajstić information content (AvgIpc) is 2.77. The number of nitrogens with one attached hydrogen (secondary N) is 1. The minimum Gasteiger partial charge on any atom is -0.444 e. The van der Waals surface area contributed by atoms with E-state index in [1.165, 1.54) is 10.9 Å². The number of ether oxygens (including phenoxy) is 1. The van der Waals surface area contributed by atoms with Gasteiger partial charge in [-0.15, -0.1) is 0 Å². The van der Waals surface area contributed by atoms with Crippen LogP contribution in [0.5, 0.6) is 0 Å². The summed E-state index contributed by atoms with van der Waals surface area (Å²) in [4.78, 5) is 11.5. The lowest BCUT2D eigenvalue weighted by Crippen LogP contribution is -2.32. The van der Waals surface area contributed by atoms with Crippen molar-refractivity contribution >= 4 is 17.0 Å². The van der Waals surface area contributed by atoms with Gasteiger partial charge < -0.3 is 14.6 Å². The quantitative estimate of drug-likeness (QED) is 0.681. The maximum Gasteiger partial charge on any atom is 0.407 e. The fourth-order valence-corrected chi connectivity index (χ4v) is 2.07. The molecule has 1 amide bonds. The van der Waals surface area contributed by atoms with Crippen LogP contribution in [0, 0.1) is 11.8 Å². The van der Waals surface area contributed by atoms with Crippen LogP contribution >= 0.6 is 0 Å². The van der Waals surface area contributed by atoms with Crippen molar-refractivity contribution < 1.29 is 9.53 Å². The zero-order valence-corrected chi connectivity index (χ0v) is 13.6. The lowest BCUT2D eigenvalue weighted by molar-refractivity contribution is 0.0529. The molecule has 4 heteroatoms. The predicted octanol–water partition coefficient (Wildman–Crippen LogP) is 3.44. The fourth-order valence-electron chi connectivity index (χ4n) is 2.07. The van der Waals surface area contributed by atoms with Gasteiger partial charge in [0, 0.05) is 42.7 Å². The summed E-state index contributed by atoms with van der Waals surface area (Å²) < 4.78 is 7.23. The largest absolute Gasteiger partial charge is 0.444 e. The molecule has 0 spiro atoms. The molecule has 0 aliphatic carbocycles. The van der Waals surface area contributed by atoms with Crippen LogP contribution in [0.15, 0.2) is 30.5 Å². The van der Waals surface area contributed by atoms with Crippen molar-refractivity contribution in [1.82, 2.24) is 9.88 Å². The third-order valence-corrected chi connectivity index (χ3v) is 3.04. The van der Waals surface area contributed by atoms with Crippen LogP contribution in [0.3, 0.4) is 0 Å². The second-order valence-electron chi connectivity index (χ2n) is 6.18. The molecule has 0 atom stereocenters. The monoisotopic (exact) mass is 298 g/mol. The number of aryl methyl sites for hydroxylation is 1. The molecule has 116 valence electrons. The molecule has 0 saturated carbocycles. The van der Waals surface area contributed by atoms with Crippen LogP contribution in [-0.2, 0) is 11.8 Å². The molecule has 0 unspecified atom stereocenters. The van der Waals surface area contributed by atoms with Gasteiger partial charge in [0.15, 0.2) is 0 Å². The average molecular weight is 298 g/mol. The Kier molecular flexibility index (Phi) is 4.77. The zero-order valence-electron chi connectivity index (χ0n) is 13.6. The Morgan fingerprint density at radius 3 is 2.82 bits per heavy atom. The van der Waals surface area contributed by atoms with E-state index in [2.05, 4.69) is 39.9 Å². The van der Waals surface area contributed by atoms with Crippen LogP contribution in [-0.4, -0.2) is 22.8 Å². The van der Waals surface area contributed by atoms with Gasteiger partial charge in [0.1, 0.15) is 5.60 Å². The van der Waals surface area contributed by atoms with Crippen LogP contribution in [0.25, 0.3) is 10.9 Å². The zero-order chi connectivity index (χ0) is 16.2. The Hall–Kier alpha value is -2.41. The third kappa shape index (κ3) is 4.56. The summed E-state index contributed by atoms with van der Waals surface area (Å²) in [6.45, 7) is 6.00. The molecule has 2 rings (SSSR count). The molecule has 1 aromatic heterocycles. The molecule has 2 aromatic rings. The number of aromatic nitrogens is 1. The number of amides is 1. The van der Waals surface area contributed by atoms with Gasteiger partial charge >= 0.3 is 6.09 Å². The molecule has 22 heavy (non-hydrogen) atoms. The van der Waals surface area contributed by atoms with Gasteiger partial charge in [-0.1, -0.05) is 11.8 Å². The van der Waals surface area contributed by atoms with Crippen LogP contribution in [0.2, 0.25) is 0 Å². The highest BCUT2D eigenvalue weighted by atomic mass is 16.6. The maximum atomic E-state index is 11.5. The molecule has 0 bridgehead atoms. The molecule has 0 aliphatic heterocycles. The smallest absolute Gasteiger partial charge is 0.407 e. The number of alkyl carbamates (subject to hydrolysis) is 1. The standard InChI is InChI=1S/C18H22N2O2/c1-18(2,3)22-17(21)19-11-6-5-7-14-8-9-16-15(13-14)10-12-20(16)4/h8-10,12-13H,6,11H2,1-4H3,(H,19,21). The minimum absolute atomic E-state index is 0.403. The van der Waals surface area contributed by atoms with Gasteiger partial charge in [-0.3, -0.25) is 0 Å². The van der Waals surface area contributed by atoms with Crippen molar-refractivity contribution in [3.63, 3.8) is 0 Å². The second kappa shape index (κ2) is 6.57. The molecule has 4 nitrogen and oxygen atoms in total. The summed E-state index contributed by atoms with van der Waals surface area (Å²) in [7, 11) is 2.02. The topological polar surface area (TPSA) is 43.3 Å². The van der Waals surface area contributed by atoms with Crippen LogP contribution in [0.4, 0.5) is 4.79 Å². The molecule has 0 aliphatic rings. The second-order valence-corrected chi connectivity index (χ2v) is 6.18. The molecule has 0 radical (unpaired) electrons. The van der Waals surface area contributed by atoms with Gasteiger partial charge in [-0.25, -0.2) is 4.79 Å². The lowest BCUT2D eigenvalue weighted by atomic mass is 10.1. The highest BCUT2D eigenvalue weighted by Gasteiger charge is 2.15. The van der Waals surface area contributed by atoms with Crippen LogP contribution in [0.1, 0.15) is 32.8 Å². The number of hydrogen-bond acceptors (Lipinski definition) is 2. The van der Waals surface area contributed by atoms with Gasteiger partial charge in [0.05, 0.1) is 0 Å². The minimum atomic E-state index is -0.471. The Bertz CT molecular complexity index is 727. The van der Waals surface area contributed by atoms with E-state index in [9.17, 15) is 4.79 Å². The Morgan fingerprint density at radius 2 is 2.09 bits per heavy atom. The number of rotatable bonds is 2. The SMILES string of the molecule is Cn1ccc2cc(C#CCCNC(=O)OC(C)(C)C)ccc21. The first-order chi connectivity index (χ1) is 10.3. The van der Waals surface area contributed by atoms with E-state index >= 15 is 0 Å². The number of carbonyl (C=O) groups is 1. The van der Waals surface area contributed by atoms with Crippen LogP contribution < -0.4 is 5.32 Å². The molecular formula is C18H22N2O2. The van der Waals surface area contributed by atoms with Gasteiger partial charge in [-0.2, -0.15) is 0 Å². The molecule has 1 heterocycles. The molecular weight excluding hydrogens is 276 g/mol. The van der Waals surface area contributed by atoms with Crippen molar-refractivity contribution in [2.24, 2.45) is 7.05 Å².